The third-order valence-electron chi connectivity index (χ3n) is 4.19. The molecule has 3 aromatic rings. The van der Waals surface area contributed by atoms with Crippen molar-refractivity contribution < 1.29 is 18.7 Å². The van der Waals surface area contributed by atoms with Gasteiger partial charge in [-0.1, -0.05) is 26.0 Å². The Morgan fingerprint density at radius 3 is 2.54 bits per heavy atom. The molecule has 0 atom stereocenters. The van der Waals surface area contributed by atoms with Crippen LogP contribution in [0.3, 0.4) is 0 Å². The topological polar surface area (TPSA) is 85.0 Å². The minimum Gasteiger partial charge on any atom is -0.504 e. The van der Waals surface area contributed by atoms with E-state index in [2.05, 4.69) is 29.4 Å². The Hall–Kier alpha value is -3.23. The van der Waals surface area contributed by atoms with E-state index >= 15 is 0 Å². The van der Waals surface area contributed by atoms with Crippen LogP contribution in [-0.4, -0.2) is 37.0 Å². The fourth-order valence-electron chi connectivity index (χ4n) is 2.67. The molecule has 0 saturated carbocycles. The van der Waals surface area contributed by atoms with Crippen molar-refractivity contribution in [3.8, 4) is 11.4 Å². The first kappa shape index (κ1) is 19.5. The van der Waals surface area contributed by atoms with Crippen molar-refractivity contribution in [2.24, 2.45) is 0 Å². The van der Waals surface area contributed by atoms with Crippen molar-refractivity contribution >= 4 is 5.91 Å². The summed E-state index contributed by atoms with van der Waals surface area (Å²) in [5, 5.41) is 20.7. The molecule has 1 aromatic carbocycles. The van der Waals surface area contributed by atoms with Crippen molar-refractivity contribution in [3.63, 3.8) is 0 Å². The molecule has 2 aromatic heterocycles. The van der Waals surface area contributed by atoms with Crippen molar-refractivity contribution in [1.82, 2.24) is 24.9 Å². The fourth-order valence-corrected chi connectivity index (χ4v) is 2.67. The second kappa shape index (κ2) is 8.20. The number of nitrogens with zero attached hydrogens (tertiary/aromatic N) is 4. The Balaban J connectivity index is 1.66. The number of alkyl halides is 2. The maximum atomic E-state index is 12.3. The first-order chi connectivity index (χ1) is 13.3. The molecule has 9 heteroatoms. The first-order valence-electron chi connectivity index (χ1n) is 8.81. The molecule has 0 radical (unpaired) electrons. The summed E-state index contributed by atoms with van der Waals surface area (Å²) in [6.07, 6.45) is 0.273. The van der Waals surface area contributed by atoms with E-state index in [0.717, 1.165) is 4.68 Å². The van der Waals surface area contributed by atoms with Gasteiger partial charge in [0.1, 0.15) is 6.54 Å². The van der Waals surface area contributed by atoms with E-state index in [9.17, 15) is 18.7 Å². The predicted molar refractivity (Wildman–Crippen MR) is 98.7 cm³/mol. The van der Waals surface area contributed by atoms with Gasteiger partial charge in [-0.05, 0) is 29.7 Å². The van der Waals surface area contributed by atoms with E-state index < -0.39 is 18.9 Å². The number of hydrogen-bond donors (Lipinski definition) is 2. The zero-order valence-corrected chi connectivity index (χ0v) is 15.5. The second-order valence-corrected chi connectivity index (χ2v) is 6.66. The Labute approximate surface area is 160 Å². The number of carbonyl (C=O) groups excluding carboxylic acids is 1. The van der Waals surface area contributed by atoms with Crippen molar-refractivity contribution in [1.29, 1.82) is 0 Å². The van der Waals surface area contributed by atoms with Gasteiger partial charge < -0.3 is 10.4 Å². The highest BCUT2D eigenvalue weighted by Gasteiger charge is 2.17. The average molecular weight is 389 g/mol. The Morgan fingerprint density at radius 1 is 1.18 bits per heavy atom. The molecule has 0 aliphatic carbocycles. The molecule has 148 valence electrons. The summed E-state index contributed by atoms with van der Waals surface area (Å²) < 4.78 is 27.2. The molecule has 0 fully saturated rings. The largest absolute Gasteiger partial charge is 0.504 e. The summed E-state index contributed by atoms with van der Waals surface area (Å²) in [4.78, 5) is 12.3. The van der Waals surface area contributed by atoms with Crippen LogP contribution in [0.4, 0.5) is 8.78 Å². The molecule has 0 bridgehead atoms. The normalized spacial score (nSPS) is 11.4. The van der Waals surface area contributed by atoms with Gasteiger partial charge in [0.2, 0.25) is 0 Å². The van der Waals surface area contributed by atoms with Crippen LogP contribution in [0.1, 0.15) is 41.5 Å². The van der Waals surface area contributed by atoms with Crippen LogP contribution in [0.15, 0.2) is 42.7 Å². The van der Waals surface area contributed by atoms with Crippen molar-refractivity contribution in [3.05, 3.63) is 59.7 Å². The third-order valence-corrected chi connectivity index (χ3v) is 4.19. The van der Waals surface area contributed by atoms with Gasteiger partial charge >= 0.3 is 0 Å². The van der Waals surface area contributed by atoms with Gasteiger partial charge in [0.25, 0.3) is 12.3 Å². The zero-order valence-electron chi connectivity index (χ0n) is 15.5. The number of halogens is 2. The minimum atomic E-state index is -2.50. The van der Waals surface area contributed by atoms with Gasteiger partial charge in [-0.25, -0.2) is 13.5 Å². The maximum Gasteiger partial charge on any atom is 0.275 e. The van der Waals surface area contributed by atoms with Crippen LogP contribution in [0.5, 0.6) is 5.75 Å². The van der Waals surface area contributed by atoms with Gasteiger partial charge in [0.05, 0.1) is 24.1 Å². The lowest BCUT2D eigenvalue weighted by atomic mass is 10.0. The van der Waals surface area contributed by atoms with E-state index in [-0.39, 0.29) is 18.0 Å². The molecule has 0 aliphatic rings. The lowest BCUT2D eigenvalue weighted by molar-refractivity contribution is 0.0941. The summed E-state index contributed by atoms with van der Waals surface area (Å²) in [6.45, 7) is 3.71. The number of aromatic hydroxyl groups is 1. The summed E-state index contributed by atoms with van der Waals surface area (Å²) in [7, 11) is 0. The maximum absolute atomic E-state index is 12.3. The highest BCUT2D eigenvalue weighted by atomic mass is 19.3. The number of hydrogen-bond acceptors (Lipinski definition) is 4. The smallest absolute Gasteiger partial charge is 0.275 e. The number of amides is 1. The number of benzene rings is 1. The number of carbonyl (C=O) groups is 1. The predicted octanol–water partition coefficient (Wildman–Crippen LogP) is 3.09. The fraction of sp³-hybridized carbons (Fsp3) is 0.316. The summed E-state index contributed by atoms with van der Waals surface area (Å²) in [5.41, 5.74) is 2.19. The van der Waals surface area contributed by atoms with E-state index in [1.807, 2.05) is 24.3 Å². The minimum absolute atomic E-state index is 0.0322. The van der Waals surface area contributed by atoms with Gasteiger partial charge in [0.15, 0.2) is 11.4 Å². The molecule has 1 amide bonds. The molecule has 2 N–H and O–H groups in total. The summed E-state index contributed by atoms with van der Waals surface area (Å²) in [6, 6.07) is 9.19. The monoisotopic (exact) mass is 389 g/mol. The summed E-state index contributed by atoms with van der Waals surface area (Å²) >= 11 is 0. The first-order valence-corrected chi connectivity index (χ1v) is 8.81. The van der Waals surface area contributed by atoms with Gasteiger partial charge in [-0.2, -0.15) is 10.2 Å². The van der Waals surface area contributed by atoms with E-state index in [1.54, 1.807) is 0 Å². The molecule has 0 unspecified atom stereocenters. The molecule has 0 saturated heterocycles. The van der Waals surface area contributed by atoms with Crippen LogP contribution < -0.4 is 5.32 Å². The molecular weight excluding hydrogens is 368 g/mol. The van der Waals surface area contributed by atoms with Crippen molar-refractivity contribution in [2.45, 2.75) is 39.3 Å². The van der Waals surface area contributed by atoms with Gasteiger partial charge in [-0.3, -0.25) is 9.48 Å². The Morgan fingerprint density at radius 2 is 1.89 bits per heavy atom. The second-order valence-electron chi connectivity index (χ2n) is 6.66. The highest BCUT2D eigenvalue weighted by molar-refractivity contribution is 5.94. The molecule has 2 heterocycles. The van der Waals surface area contributed by atoms with Crippen LogP contribution in [0.25, 0.3) is 5.69 Å². The SMILES string of the molecule is CC(C)c1ccc(-n2cc(O)c(C(=O)NCc3ccn(CC(F)F)n3)n2)cc1. The van der Waals surface area contributed by atoms with E-state index in [1.165, 1.54) is 28.7 Å². The lowest BCUT2D eigenvalue weighted by Crippen LogP contribution is -2.24. The quantitative estimate of drug-likeness (QED) is 0.650. The number of nitrogens with one attached hydrogen (secondary N) is 1. The van der Waals surface area contributed by atoms with Crippen LogP contribution >= 0.6 is 0 Å². The van der Waals surface area contributed by atoms with E-state index in [4.69, 9.17) is 0 Å². The molecule has 3 rings (SSSR count). The van der Waals surface area contributed by atoms with Crippen LogP contribution in [0, 0.1) is 0 Å². The van der Waals surface area contributed by atoms with Crippen molar-refractivity contribution in [2.75, 3.05) is 0 Å². The Bertz CT molecular complexity index is 948. The average Bonchev–Trinajstić information content (AvgIpc) is 3.25. The van der Waals surface area contributed by atoms with Crippen LogP contribution in [0.2, 0.25) is 0 Å². The number of rotatable bonds is 7. The van der Waals surface area contributed by atoms with Gasteiger partial charge in [-0.15, -0.1) is 0 Å². The van der Waals surface area contributed by atoms with Crippen LogP contribution in [-0.2, 0) is 13.1 Å². The Kier molecular flexibility index (Phi) is 5.72. The summed E-state index contributed by atoms with van der Waals surface area (Å²) in [5.74, 6) is -0.447. The van der Waals surface area contributed by atoms with Gasteiger partial charge in [0, 0.05) is 6.20 Å². The lowest BCUT2D eigenvalue weighted by Gasteiger charge is -2.06. The highest BCUT2D eigenvalue weighted by Crippen LogP contribution is 2.20. The third kappa shape index (κ3) is 4.54. The molecular formula is C19H21F2N5O2. The number of aromatic nitrogens is 4. The molecule has 0 aliphatic heterocycles. The van der Waals surface area contributed by atoms with E-state index in [0.29, 0.717) is 17.3 Å². The standard InChI is InChI=1S/C19H21F2N5O2/c1-12(2)13-3-5-15(6-4-13)26-10-16(27)18(24-26)19(28)22-9-14-7-8-25(23-14)11-17(20)21/h3-8,10,12,17,27H,9,11H2,1-2H3,(H,22,28). The zero-order chi connectivity index (χ0) is 20.3. The molecule has 7 nitrogen and oxygen atoms in total. The molecule has 28 heavy (non-hydrogen) atoms. The molecule has 0 spiro atoms.